The fourth-order valence-electron chi connectivity index (χ4n) is 2.68. The molecule has 2 amide bonds. The van der Waals surface area contributed by atoms with E-state index in [1.54, 1.807) is 13.8 Å². The number of hydrogen-bond acceptors (Lipinski definition) is 4. The SMILES string of the molecule is C=CC1=C(C)C(=O)NC1(O)/C=C1\NC(=O)C(CCC(=O)O)=C1C. The third-order valence-electron chi connectivity index (χ3n) is 3.98. The lowest BCUT2D eigenvalue weighted by Gasteiger charge is -2.22. The summed E-state index contributed by atoms with van der Waals surface area (Å²) < 4.78 is 0. The van der Waals surface area contributed by atoms with Gasteiger partial charge in [0.15, 0.2) is 5.72 Å². The van der Waals surface area contributed by atoms with Crippen molar-refractivity contribution in [3.63, 3.8) is 0 Å². The summed E-state index contributed by atoms with van der Waals surface area (Å²) in [6.07, 6.45) is 2.65. The van der Waals surface area contributed by atoms with E-state index in [1.807, 2.05) is 0 Å². The Hall–Kier alpha value is -2.67. The Labute approximate surface area is 133 Å². The molecule has 0 fully saturated rings. The van der Waals surface area contributed by atoms with Crippen LogP contribution in [0.1, 0.15) is 26.7 Å². The Morgan fingerprint density at radius 2 is 1.91 bits per heavy atom. The van der Waals surface area contributed by atoms with Crippen LogP contribution in [-0.2, 0) is 14.4 Å². The number of aliphatic hydroxyl groups is 1. The van der Waals surface area contributed by atoms with Crippen LogP contribution < -0.4 is 10.6 Å². The van der Waals surface area contributed by atoms with Crippen molar-refractivity contribution in [1.82, 2.24) is 10.6 Å². The van der Waals surface area contributed by atoms with Gasteiger partial charge in [-0.3, -0.25) is 14.4 Å². The van der Waals surface area contributed by atoms with Gasteiger partial charge >= 0.3 is 5.97 Å². The van der Waals surface area contributed by atoms with Gasteiger partial charge in [-0.15, -0.1) is 0 Å². The summed E-state index contributed by atoms with van der Waals surface area (Å²) in [6.45, 7) is 6.82. The third kappa shape index (κ3) is 2.95. The van der Waals surface area contributed by atoms with Crippen molar-refractivity contribution in [2.75, 3.05) is 0 Å². The zero-order chi connectivity index (χ0) is 17.4. The fourth-order valence-corrected chi connectivity index (χ4v) is 2.68. The Balaban J connectivity index is 2.37. The van der Waals surface area contributed by atoms with Crippen molar-refractivity contribution in [3.8, 4) is 0 Å². The zero-order valence-electron chi connectivity index (χ0n) is 12.9. The molecule has 0 aliphatic carbocycles. The van der Waals surface area contributed by atoms with Crippen LogP contribution in [0.15, 0.2) is 46.7 Å². The lowest BCUT2D eigenvalue weighted by atomic mass is 9.99. The number of carboxylic acid groups (broad SMARTS) is 1. The van der Waals surface area contributed by atoms with Gasteiger partial charge in [0.05, 0.1) is 0 Å². The van der Waals surface area contributed by atoms with Crippen molar-refractivity contribution in [2.24, 2.45) is 0 Å². The van der Waals surface area contributed by atoms with E-state index in [0.29, 0.717) is 28.0 Å². The Morgan fingerprint density at radius 1 is 1.26 bits per heavy atom. The molecule has 0 saturated heterocycles. The number of rotatable bonds is 5. The third-order valence-corrected chi connectivity index (χ3v) is 3.98. The molecule has 1 atom stereocenters. The number of allylic oxidation sites excluding steroid dienone is 1. The second kappa shape index (κ2) is 5.85. The van der Waals surface area contributed by atoms with Crippen LogP contribution in [-0.4, -0.2) is 33.7 Å². The number of amides is 2. The molecule has 2 heterocycles. The topological polar surface area (TPSA) is 116 Å². The minimum absolute atomic E-state index is 0.0955. The van der Waals surface area contributed by atoms with Crippen LogP contribution in [0.3, 0.4) is 0 Å². The number of carbonyl (C=O) groups excluding carboxylic acids is 2. The average molecular weight is 318 g/mol. The van der Waals surface area contributed by atoms with Crippen LogP contribution in [0.4, 0.5) is 0 Å². The van der Waals surface area contributed by atoms with Crippen molar-refractivity contribution >= 4 is 17.8 Å². The molecule has 0 bridgehead atoms. The lowest BCUT2D eigenvalue weighted by molar-refractivity contribution is -0.137. The number of aliphatic carboxylic acids is 1. The average Bonchev–Trinajstić information content (AvgIpc) is 2.82. The molecule has 122 valence electrons. The Kier molecular flexibility index (Phi) is 4.24. The molecule has 7 heteroatoms. The highest BCUT2D eigenvalue weighted by Gasteiger charge is 2.40. The summed E-state index contributed by atoms with van der Waals surface area (Å²) in [7, 11) is 0. The second-order valence-corrected chi connectivity index (χ2v) is 5.47. The zero-order valence-corrected chi connectivity index (χ0v) is 12.9. The summed E-state index contributed by atoms with van der Waals surface area (Å²) in [5.74, 6) is -1.81. The molecule has 4 N–H and O–H groups in total. The van der Waals surface area contributed by atoms with Gasteiger partial charge < -0.3 is 20.8 Å². The highest BCUT2D eigenvalue weighted by molar-refractivity contribution is 6.01. The predicted molar refractivity (Wildman–Crippen MR) is 81.8 cm³/mol. The maximum atomic E-state index is 12.0. The standard InChI is InChI=1S/C16H18N2O5/c1-4-11-9(3)14(21)18-16(11,23)7-12-8(2)10(15(22)17-12)5-6-13(19)20/h4,7,23H,1,5-6H2,2-3H3,(H,17,22)(H,18,21)(H,19,20)/b12-7-. The van der Waals surface area contributed by atoms with Crippen LogP contribution in [0.2, 0.25) is 0 Å². The van der Waals surface area contributed by atoms with Crippen LogP contribution >= 0.6 is 0 Å². The van der Waals surface area contributed by atoms with E-state index in [9.17, 15) is 19.5 Å². The van der Waals surface area contributed by atoms with Crippen molar-refractivity contribution in [3.05, 3.63) is 46.7 Å². The van der Waals surface area contributed by atoms with Crippen molar-refractivity contribution in [1.29, 1.82) is 0 Å². The number of carboxylic acids is 1. The van der Waals surface area contributed by atoms with Crippen LogP contribution in [0, 0.1) is 0 Å². The van der Waals surface area contributed by atoms with Gasteiger partial charge in [0.2, 0.25) is 5.91 Å². The van der Waals surface area contributed by atoms with E-state index in [2.05, 4.69) is 17.2 Å². The van der Waals surface area contributed by atoms with Crippen LogP contribution in [0.25, 0.3) is 0 Å². The summed E-state index contributed by atoms with van der Waals surface area (Å²) >= 11 is 0. The Morgan fingerprint density at radius 3 is 2.48 bits per heavy atom. The van der Waals surface area contributed by atoms with Crippen molar-refractivity contribution < 1.29 is 24.6 Å². The highest BCUT2D eigenvalue weighted by atomic mass is 16.4. The molecule has 7 nitrogen and oxygen atoms in total. The molecule has 0 spiro atoms. The minimum atomic E-state index is -1.75. The molecule has 2 rings (SSSR count). The first-order chi connectivity index (χ1) is 10.7. The molecule has 0 aromatic carbocycles. The quantitative estimate of drug-likeness (QED) is 0.589. The van der Waals surface area contributed by atoms with E-state index in [4.69, 9.17) is 5.11 Å². The molecular formula is C16H18N2O5. The highest BCUT2D eigenvalue weighted by Crippen LogP contribution is 2.31. The number of nitrogens with one attached hydrogen (secondary N) is 2. The van der Waals surface area contributed by atoms with E-state index >= 15 is 0 Å². The number of hydrogen-bond donors (Lipinski definition) is 4. The predicted octanol–water partition coefficient (Wildman–Crippen LogP) is 0.502. The molecule has 2 aliphatic rings. The van der Waals surface area contributed by atoms with Crippen molar-refractivity contribution in [2.45, 2.75) is 32.4 Å². The lowest BCUT2D eigenvalue weighted by Crippen LogP contribution is -2.43. The summed E-state index contributed by atoms with van der Waals surface area (Å²) in [5.41, 5.74) is 0.147. The molecule has 2 aliphatic heterocycles. The van der Waals surface area contributed by atoms with Gasteiger partial charge in [0.1, 0.15) is 0 Å². The second-order valence-electron chi connectivity index (χ2n) is 5.47. The van der Waals surface area contributed by atoms with Gasteiger partial charge in [-0.25, -0.2) is 0 Å². The van der Waals surface area contributed by atoms with E-state index in [-0.39, 0.29) is 12.8 Å². The number of carbonyl (C=O) groups is 3. The van der Waals surface area contributed by atoms with Gasteiger partial charge in [0.25, 0.3) is 5.91 Å². The molecular weight excluding hydrogens is 300 g/mol. The largest absolute Gasteiger partial charge is 0.481 e. The monoisotopic (exact) mass is 318 g/mol. The molecule has 0 aromatic heterocycles. The minimum Gasteiger partial charge on any atom is -0.481 e. The van der Waals surface area contributed by atoms with Gasteiger partial charge in [0, 0.05) is 28.8 Å². The van der Waals surface area contributed by atoms with Gasteiger partial charge in [-0.05, 0) is 31.9 Å². The van der Waals surface area contributed by atoms with Crippen LogP contribution in [0.5, 0.6) is 0 Å². The van der Waals surface area contributed by atoms with Gasteiger partial charge in [-0.2, -0.15) is 0 Å². The van der Waals surface area contributed by atoms with E-state index in [1.165, 1.54) is 12.2 Å². The normalized spacial score (nSPS) is 26.0. The maximum absolute atomic E-state index is 12.0. The Bertz CT molecular complexity index is 714. The first-order valence-electron chi connectivity index (χ1n) is 7.04. The fraction of sp³-hybridized carbons (Fsp3) is 0.312. The maximum Gasteiger partial charge on any atom is 0.303 e. The molecule has 1 unspecified atom stereocenters. The molecule has 0 aromatic rings. The van der Waals surface area contributed by atoms with E-state index in [0.717, 1.165) is 0 Å². The van der Waals surface area contributed by atoms with E-state index < -0.39 is 23.5 Å². The molecule has 0 saturated carbocycles. The summed E-state index contributed by atoms with van der Waals surface area (Å²) in [5, 5.41) is 24.4. The summed E-state index contributed by atoms with van der Waals surface area (Å²) in [6, 6.07) is 0. The first kappa shape index (κ1) is 16.7. The summed E-state index contributed by atoms with van der Waals surface area (Å²) in [4.78, 5) is 34.4. The molecule has 0 radical (unpaired) electrons. The first-order valence-corrected chi connectivity index (χ1v) is 7.04. The van der Waals surface area contributed by atoms with Gasteiger partial charge in [-0.1, -0.05) is 12.7 Å². The molecule has 23 heavy (non-hydrogen) atoms. The smallest absolute Gasteiger partial charge is 0.303 e.